The number of halogens is 2. The van der Waals surface area contributed by atoms with Crippen molar-refractivity contribution in [2.75, 3.05) is 5.88 Å². The van der Waals surface area contributed by atoms with Gasteiger partial charge in [-0.15, -0.1) is 21.8 Å². The van der Waals surface area contributed by atoms with E-state index in [9.17, 15) is 0 Å². The number of aromatic nitrogens is 2. The first-order valence-electron chi connectivity index (χ1n) is 5.35. The number of nitrogens with zero attached hydrogens (tertiary/aromatic N) is 2. The van der Waals surface area contributed by atoms with Crippen molar-refractivity contribution < 1.29 is 4.42 Å². The Morgan fingerprint density at radius 3 is 2.88 bits per heavy atom. The zero-order chi connectivity index (χ0) is 12.3. The number of rotatable bonds is 4. The van der Waals surface area contributed by atoms with Gasteiger partial charge in [-0.25, -0.2) is 0 Å². The van der Waals surface area contributed by atoms with Gasteiger partial charge in [0, 0.05) is 22.3 Å². The van der Waals surface area contributed by atoms with Crippen LogP contribution in [-0.2, 0) is 6.42 Å². The van der Waals surface area contributed by atoms with Crippen LogP contribution in [0.25, 0.3) is 11.5 Å². The summed E-state index contributed by atoms with van der Waals surface area (Å²) >= 11 is 9.10. The summed E-state index contributed by atoms with van der Waals surface area (Å²) in [5.74, 6) is 1.79. The average Bonchev–Trinajstić information content (AvgIpc) is 2.79. The highest BCUT2D eigenvalue weighted by atomic mass is 79.9. The number of benzene rings is 1. The van der Waals surface area contributed by atoms with E-state index < -0.39 is 0 Å². The van der Waals surface area contributed by atoms with E-state index in [0.29, 0.717) is 17.7 Å². The van der Waals surface area contributed by atoms with E-state index >= 15 is 0 Å². The predicted molar refractivity (Wildman–Crippen MR) is 71.2 cm³/mol. The molecule has 2 rings (SSSR count). The van der Waals surface area contributed by atoms with Gasteiger partial charge in [-0.2, -0.15) is 0 Å². The molecule has 1 aromatic carbocycles. The van der Waals surface area contributed by atoms with Gasteiger partial charge in [0.15, 0.2) is 0 Å². The van der Waals surface area contributed by atoms with Crippen LogP contribution in [0.2, 0.25) is 0 Å². The molecule has 17 heavy (non-hydrogen) atoms. The van der Waals surface area contributed by atoms with Crippen molar-refractivity contribution in [1.29, 1.82) is 0 Å². The largest absolute Gasteiger partial charge is 0.421 e. The fourth-order valence-electron chi connectivity index (χ4n) is 1.42. The summed E-state index contributed by atoms with van der Waals surface area (Å²) in [5.41, 5.74) is 2.10. The maximum atomic E-state index is 5.62. The SMILES string of the molecule is Cc1ccc(-c2nnc(CCCCl)o2)cc1Br. The molecule has 0 amide bonds. The first-order chi connectivity index (χ1) is 8.20. The molecular formula is C12H12BrClN2O. The first kappa shape index (κ1) is 12.6. The molecule has 0 saturated carbocycles. The summed E-state index contributed by atoms with van der Waals surface area (Å²) in [6.07, 6.45) is 1.57. The van der Waals surface area contributed by atoms with E-state index in [4.69, 9.17) is 16.0 Å². The highest BCUT2D eigenvalue weighted by molar-refractivity contribution is 9.10. The third-order valence-electron chi connectivity index (χ3n) is 2.41. The van der Waals surface area contributed by atoms with Crippen LogP contribution in [0.4, 0.5) is 0 Å². The van der Waals surface area contributed by atoms with Crippen LogP contribution in [0.3, 0.4) is 0 Å². The second-order valence-corrected chi connectivity index (χ2v) is 4.99. The lowest BCUT2D eigenvalue weighted by molar-refractivity contribution is 0.502. The minimum absolute atomic E-state index is 0.551. The highest BCUT2D eigenvalue weighted by Crippen LogP contribution is 2.24. The molecule has 1 aromatic heterocycles. The van der Waals surface area contributed by atoms with Crippen LogP contribution < -0.4 is 0 Å². The van der Waals surface area contributed by atoms with Gasteiger partial charge in [-0.05, 0) is 31.0 Å². The van der Waals surface area contributed by atoms with E-state index in [0.717, 1.165) is 22.9 Å². The van der Waals surface area contributed by atoms with Gasteiger partial charge in [0.1, 0.15) is 0 Å². The molecule has 0 fully saturated rings. The topological polar surface area (TPSA) is 38.9 Å². The van der Waals surface area contributed by atoms with Gasteiger partial charge in [-0.1, -0.05) is 22.0 Å². The van der Waals surface area contributed by atoms with Gasteiger partial charge in [0.05, 0.1) is 0 Å². The zero-order valence-corrected chi connectivity index (χ0v) is 11.8. The highest BCUT2D eigenvalue weighted by Gasteiger charge is 2.09. The van der Waals surface area contributed by atoms with E-state index in [2.05, 4.69) is 26.1 Å². The Kier molecular flexibility index (Phi) is 4.18. The Balaban J connectivity index is 2.21. The molecule has 0 aliphatic carbocycles. The standard InChI is InChI=1S/C12H12BrClN2O/c1-8-4-5-9(7-10(8)13)12-16-15-11(17-12)3-2-6-14/h4-5,7H,2-3,6H2,1H3. The predicted octanol–water partition coefficient (Wildman–Crippen LogP) is 3.98. The Morgan fingerprint density at radius 2 is 2.18 bits per heavy atom. The fraction of sp³-hybridized carbons (Fsp3) is 0.333. The summed E-state index contributed by atoms with van der Waals surface area (Å²) < 4.78 is 6.60. The van der Waals surface area contributed by atoms with Crippen LogP contribution in [0.15, 0.2) is 27.1 Å². The van der Waals surface area contributed by atoms with Crippen molar-refractivity contribution in [3.63, 3.8) is 0 Å². The minimum Gasteiger partial charge on any atom is -0.421 e. The monoisotopic (exact) mass is 314 g/mol. The smallest absolute Gasteiger partial charge is 0.247 e. The summed E-state index contributed by atoms with van der Waals surface area (Å²) in [6, 6.07) is 5.97. The number of aryl methyl sites for hydroxylation is 2. The molecule has 0 saturated heterocycles. The van der Waals surface area contributed by atoms with Gasteiger partial charge < -0.3 is 4.42 Å². The number of hydrogen-bond acceptors (Lipinski definition) is 3. The Bertz CT molecular complexity index is 513. The minimum atomic E-state index is 0.551. The maximum absolute atomic E-state index is 5.62. The third kappa shape index (κ3) is 3.07. The summed E-state index contributed by atoms with van der Waals surface area (Å²) in [4.78, 5) is 0. The molecule has 0 aliphatic rings. The molecule has 0 atom stereocenters. The van der Waals surface area contributed by atoms with Crippen LogP contribution >= 0.6 is 27.5 Å². The van der Waals surface area contributed by atoms with Crippen molar-refractivity contribution in [2.24, 2.45) is 0 Å². The second kappa shape index (κ2) is 5.65. The summed E-state index contributed by atoms with van der Waals surface area (Å²) in [5, 5.41) is 8.02. The van der Waals surface area contributed by atoms with Crippen LogP contribution in [0.5, 0.6) is 0 Å². The van der Waals surface area contributed by atoms with E-state index in [1.165, 1.54) is 5.56 Å². The van der Waals surface area contributed by atoms with Crippen molar-refractivity contribution >= 4 is 27.5 Å². The Morgan fingerprint density at radius 1 is 1.35 bits per heavy atom. The zero-order valence-electron chi connectivity index (χ0n) is 9.41. The van der Waals surface area contributed by atoms with Crippen molar-refractivity contribution in [3.05, 3.63) is 34.1 Å². The van der Waals surface area contributed by atoms with Gasteiger partial charge in [-0.3, -0.25) is 0 Å². The molecule has 3 nitrogen and oxygen atoms in total. The quantitative estimate of drug-likeness (QED) is 0.801. The molecule has 0 unspecified atom stereocenters. The molecule has 0 spiro atoms. The molecule has 0 aliphatic heterocycles. The molecule has 0 bridgehead atoms. The lowest BCUT2D eigenvalue weighted by Crippen LogP contribution is -1.85. The lowest BCUT2D eigenvalue weighted by Gasteiger charge is -1.99. The van der Waals surface area contributed by atoms with E-state index in [1.54, 1.807) is 0 Å². The Labute approximate surface area is 113 Å². The molecule has 90 valence electrons. The van der Waals surface area contributed by atoms with Crippen molar-refractivity contribution in [3.8, 4) is 11.5 Å². The van der Waals surface area contributed by atoms with Crippen LogP contribution in [0, 0.1) is 6.92 Å². The van der Waals surface area contributed by atoms with Crippen molar-refractivity contribution in [2.45, 2.75) is 19.8 Å². The Hall–Kier alpha value is -0.870. The molecule has 0 radical (unpaired) electrons. The van der Waals surface area contributed by atoms with E-state index in [-0.39, 0.29) is 0 Å². The second-order valence-electron chi connectivity index (χ2n) is 3.76. The first-order valence-corrected chi connectivity index (χ1v) is 6.68. The fourth-order valence-corrected chi connectivity index (χ4v) is 1.93. The number of alkyl halides is 1. The molecule has 1 heterocycles. The lowest BCUT2D eigenvalue weighted by atomic mass is 10.1. The molecular weight excluding hydrogens is 304 g/mol. The van der Waals surface area contributed by atoms with E-state index in [1.807, 2.05) is 25.1 Å². The third-order valence-corrected chi connectivity index (χ3v) is 3.53. The maximum Gasteiger partial charge on any atom is 0.247 e. The number of hydrogen-bond donors (Lipinski definition) is 0. The molecule has 0 N–H and O–H groups in total. The summed E-state index contributed by atoms with van der Waals surface area (Å²) in [7, 11) is 0. The molecule has 5 heteroatoms. The molecule has 2 aromatic rings. The van der Waals surface area contributed by atoms with Gasteiger partial charge in [0.25, 0.3) is 0 Å². The van der Waals surface area contributed by atoms with Crippen molar-refractivity contribution in [1.82, 2.24) is 10.2 Å². The summed E-state index contributed by atoms with van der Waals surface area (Å²) in [6.45, 7) is 2.04. The van der Waals surface area contributed by atoms with Gasteiger partial charge >= 0.3 is 0 Å². The normalized spacial score (nSPS) is 10.8. The van der Waals surface area contributed by atoms with Crippen LogP contribution in [0.1, 0.15) is 17.9 Å². The van der Waals surface area contributed by atoms with Gasteiger partial charge in [0.2, 0.25) is 11.8 Å². The average molecular weight is 316 g/mol. The van der Waals surface area contributed by atoms with Crippen LogP contribution in [-0.4, -0.2) is 16.1 Å².